The van der Waals surface area contributed by atoms with Crippen LogP contribution in [0, 0.1) is 5.41 Å². The van der Waals surface area contributed by atoms with Crippen LogP contribution in [0.3, 0.4) is 0 Å². The van der Waals surface area contributed by atoms with E-state index in [1.165, 1.54) is 11.3 Å². The summed E-state index contributed by atoms with van der Waals surface area (Å²) in [7, 11) is 0. The maximum absolute atomic E-state index is 12.0. The first-order chi connectivity index (χ1) is 8.42. The van der Waals surface area contributed by atoms with Crippen LogP contribution in [-0.4, -0.2) is 25.0 Å². The predicted octanol–water partition coefficient (Wildman–Crippen LogP) is 1.85. The average Bonchev–Trinajstić information content (AvgIpc) is 2.77. The van der Waals surface area contributed by atoms with E-state index in [1.54, 1.807) is 32.2 Å². The van der Waals surface area contributed by atoms with Crippen molar-refractivity contribution < 1.29 is 14.3 Å². The lowest BCUT2D eigenvalue weighted by Crippen LogP contribution is -2.37. The summed E-state index contributed by atoms with van der Waals surface area (Å²) in [6, 6.07) is 1.63. The molecular formula is C12H18N2O3S. The molecule has 0 spiro atoms. The van der Waals surface area contributed by atoms with E-state index in [2.05, 4.69) is 5.32 Å². The highest BCUT2D eigenvalue weighted by Gasteiger charge is 2.27. The lowest BCUT2D eigenvalue weighted by Gasteiger charge is -2.20. The van der Waals surface area contributed by atoms with Crippen LogP contribution in [0.25, 0.3) is 0 Å². The molecule has 1 amide bonds. The summed E-state index contributed by atoms with van der Waals surface area (Å²) in [6.45, 7) is 5.77. The topological polar surface area (TPSA) is 81.4 Å². The Morgan fingerprint density at radius 2 is 2.17 bits per heavy atom. The van der Waals surface area contributed by atoms with E-state index in [4.69, 9.17) is 10.5 Å². The van der Waals surface area contributed by atoms with E-state index in [9.17, 15) is 9.59 Å². The SMILES string of the molecule is CCOC(=O)c1ccsc1NC(=O)C(C)(C)CN. The van der Waals surface area contributed by atoms with Crippen molar-refractivity contribution in [3.05, 3.63) is 17.0 Å². The fourth-order valence-electron chi connectivity index (χ4n) is 1.14. The van der Waals surface area contributed by atoms with Crippen LogP contribution >= 0.6 is 11.3 Å². The number of thiophene rings is 1. The van der Waals surface area contributed by atoms with Crippen molar-refractivity contribution >= 4 is 28.2 Å². The highest BCUT2D eigenvalue weighted by Crippen LogP contribution is 2.26. The normalized spacial score (nSPS) is 11.1. The molecule has 0 unspecified atom stereocenters. The van der Waals surface area contributed by atoms with Gasteiger partial charge in [0.05, 0.1) is 17.6 Å². The number of carbonyl (C=O) groups is 2. The van der Waals surface area contributed by atoms with Crippen molar-refractivity contribution in [1.29, 1.82) is 0 Å². The summed E-state index contributed by atoms with van der Waals surface area (Å²) < 4.78 is 4.91. The Morgan fingerprint density at radius 1 is 1.50 bits per heavy atom. The molecule has 6 heteroatoms. The molecule has 1 heterocycles. The summed E-state index contributed by atoms with van der Waals surface area (Å²) in [4.78, 5) is 23.6. The number of anilines is 1. The van der Waals surface area contributed by atoms with Crippen molar-refractivity contribution in [1.82, 2.24) is 0 Å². The lowest BCUT2D eigenvalue weighted by molar-refractivity contribution is -0.123. The highest BCUT2D eigenvalue weighted by atomic mass is 32.1. The Labute approximate surface area is 110 Å². The molecule has 0 saturated carbocycles. The average molecular weight is 270 g/mol. The number of amides is 1. The minimum absolute atomic E-state index is 0.210. The summed E-state index contributed by atoms with van der Waals surface area (Å²) >= 11 is 1.29. The van der Waals surface area contributed by atoms with Gasteiger partial charge in [0, 0.05) is 6.54 Å². The van der Waals surface area contributed by atoms with Crippen molar-refractivity contribution in [2.45, 2.75) is 20.8 Å². The lowest BCUT2D eigenvalue weighted by atomic mass is 9.93. The molecule has 0 bridgehead atoms. The van der Waals surface area contributed by atoms with Gasteiger partial charge in [-0.25, -0.2) is 4.79 Å². The molecule has 0 aliphatic heterocycles. The monoisotopic (exact) mass is 270 g/mol. The summed E-state index contributed by atoms with van der Waals surface area (Å²) in [5.74, 6) is -0.641. The van der Waals surface area contributed by atoms with Crippen molar-refractivity contribution in [2.24, 2.45) is 11.1 Å². The van der Waals surface area contributed by atoms with E-state index in [-0.39, 0.29) is 12.5 Å². The van der Waals surface area contributed by atoms with E-state index >= 15 is 0 Å². The van der Waals surface area contributed by atoms with Gasteiger partial charge in [0.1, 0.15) is 5.00 Å². The number of hydrogen-bond donors (Lipinski definition) is 2. The summed E-state index contributed by atoms with van der Waals surface area (Å²) in [6.07, 6.45) is 0. The zero-order valence-electron chi connectivity index (χ0n) is 10.8. The first kappa shape index (κ1) is 14.7. The number of rotatable bonds is 5. The van der Waals surface area contributed by atoms with Gasteiger partial charge >= 0.3 is 5.97 Å². The number of hydrogen-bond acceptors (Lipinski definition) is 5. The second-order valence-electron chi connectivity index (χ2n) is 4.43. The van der Waals surface area contributed by atoms with Gasteiger partial charge in [0.15, 0.2) is 0 Å². The molecule has 1 aromatic heterocycles. The quantitative estimate of drug-likeness (QED) is 0.800. The van der Waals surface area contributed by atoms with Crippen molar-refractivity contribution in [2.75, 3.05) is 18.5 Å². The molecule has 1 rings (SSSR count). The Balaban J connectivity index is 2.83. The van der Waals surface area contributed by atoms with Gasteiger partial charge in [-0.15, -0.1) is 11.3 Å². The molecule has 0 fully saturated rings. The van der Waals surface area contributed by atoms with Gasteiger partial charge in [-0.2, -0.15) is 0 Å². The molecule has 0 aromatic carbocycles. The van der Waals surface area contributed by atoms with E-state index in [1.807, 2.05) is 0 Å². The van der Waals surface area contributed by atoms with E-state index < -0.39 is 11.4 Å². The zero-order chi connectivity index (χ0) is 13.8. The number of carbonyl (C=O) groups excluding carboxylic acids is 2. The minimum atomic E-state index is -0.671. The van der Waals surface area contributed by atoms with Crippen LogP contribution in [0.1, 0.15) is 31.1 Å². The van der Waals surface area contributed by atoms with Crippen LogP contribution in [0.5, 0.6) is 0 Å². The highest BCUT2D eigenvalue weighted by molar-refractivity contribution is 7.14. The number of esters is 1. The number of nitrogens with one attached hydrogen (secondary N) is 1. The second-order valence-corrected chi connectivity index (χ2v) is 5.34. The van der Waals surface area contributed by atoms with Crippen LogP contribution in [0.2, 0.25) is 0 Å². The summed E-state index contributed by atoms with van der Waals surface area (Å²) in [5.41, 5.74) is 5.24. The third-order valence-electron chi connectivity index (χ3n) is 2.51. The Kier molecular flexibility index (Phi) is 4.86. The van der Waals surface area contributed by atoms with Crippen molar-refractivity contribution in [3.8, 4) is 0 Å². The fourth-order valence-corrected chi connectivity index (χ4v) is 1.91. The molecule has 100 valence electrons. The Bertz CT molecular complexity index is 440. The molecule has 0 saturated heterocycles. The second kappa shape index (κ2) is 5.97. The van der Waals surface area contributed by atoms with Gasteiger partial charge < -0.3 is 15.8 Å². The first-order valence-electron chi connectivity index (χ1n) is 5.68. The number of ether oxygens (including phenoxy) is 1. The van der Waals surface area contributed by atoms with Crippen LogP contribution in [-0.2, 0) is 9.53 Å². The molecule has 3 N–H and O–H groups in total. The third-order valence-corrected chi connectivity index (χ3v) is 3.34. The predicted molar refractivity (Wildman–Crippen MR) is 71.7 cm³/mol. The van der Waals surface area contributed by atoms with Gasteiger partial charge in [-0.05, 0) is 32.2 Å². The smallest absolute Gasteiger partial charge is 0.341 e. The maximum atomic E-state index is 12.0. The number of nitrogens with two attached hydrogens (primary N) is 1. The van der Waals surface area contributed by atoms with Crippen LogP contribution in [0.4, 0.5) is 5.00 Å². The van der Waals surface area contributed by atoms with Gasteiger partial charge in [-0.3, -0.25) is 4.79 Å². The standard InChI is InChI=1S/C12H18N2O3S/c1-4-17-10(15)8-5-6-18-9(8)14-11(16)12(2,3)7-13/h5-6H,4,7,13H2,1-3H3,(H,14,16). The minimum Gasteiger partial charge on any atom is -0.462 e. The maximum Gasteiger partial charge on any atom is 0.341 e. The van der Waals surface area contributed by atoms with Crippen molar-refractivity contribution in [3.63, 3.8) is 0 Å². The fraction of sp³-hybridized carbons (Fsp3) is 0.500. The first-order valence-corrected chi connectivity index (χ1v) is 6.56. The van der Waals surface area contributed by atoms with Gasteiger partial charge in [0.25, 0.3) is 0 Å². The molecule has 0 radical (unpaired) electrons. The molecule has 0 atom stereocenters. The Hall–Kier alpha value is -1.40. The van der Waals surface area contributed by atoms with E-state index in [0.29, 0.717) is 17.2 Å². The van der Waals surface area contributed by atoms with E-state index in [0.717, 1.165) is 0 Å². The Morgan fingerprint density at radius 3 is 2.72 bits per heavy atom. The largest absolute Gasteiger partial charge is 0.462 e. The zero-order valence-corrected chi connectivity index (χ0v) is 11.6. The third kappa shape index (κ3) is 3.30. The molecular weight excluding hydrogens is 252 g/mol. The van der Waals surface area contributed by atoms with Crippen LogP contribution in [0.15, 0.2) is 11.4 Å². The molecule has 0 aliphatic rings. The van der Waals surface area contributed by atoms with Crippen LogP contribution < -0.4 is 11.1 Å². The van der Waals surface area contributed by atoms with Gasteiger partial charge in [-0.1, -0.05) is 0 Å². The molecule has 1 aromatic rings. The molecule has 0 aliphatic carbocycles. The summed E-state index contributed by atoms with van der Waals surface area (Å²) in [5, 5.41) is 4.95. The molecule has 18 heavy (non-hydrogen) atoms. The van der Waals surface area contributed by atoms with Gasteiger partial charge in [0.2, 0.25) is 5.91 Å². The molecule has 5 nitrogen and oxygen atoms in total.